The van der Waals surface area contributed by atoms with Crippen LogP contribution in [0.3, 0.4) is 0 Å². The lowest BCUT2D eigenvalue weighted by Gasteiger charge is -2.18. The Morgan fingerprint density at radius 3 is 2.69 bits per heavy atom. The van der Waals surface area contributed by atoms with Gasteiger partial charge < -0.3 is 10.3 Å². The molecule has 1 fully saturated rings. The molecule has 1 aliphatic rings. The molecule has 0 bridgehead atoms. The van der Waals surface area contributed by atoms with Crippen LogP contribution in [0.2, 0.25) is 0 Å². The van der Waals surface area contributed by atoms with Gasteiger partial charge in [0.1, 0.15) is 11.6 Å². The van der Waals surface area contributed by atoms with E-state index in [0.717, 1.165) is 24.5 Å². The summed E-state index contributed by atoms with van der Waals surface area (Å²) >= 11 is 0. The normalized spacial score (nSPS) is 19.2. The lowest BCUT2D eigenvalue weighted by Crippen LogP contribution is -2.19. The van der Waals surface area contributed by atoms with Crippen molar-refractivity contribution in [3.8, 4) is 0 Å². The lowest BCUT2D eigenvalue weighted by molar-refractivity contribution is 0.458. The summed E-state index contributed by atoms with van der Waals surface area (Å²) in [6.45, 7) is 4.19. The van der Waals surface area contributed by atoms with Crippen LogP contribution in [0.15, 0.2) is 0 Å². The van der Waals surface area contributed by atoms with Crippen molar-refractivity contribution in [2.75, 3.05) is 0 Å². The van der Waals surface area contributed by atoms with Crippen molar-refractivity contribution in [3.63, 3.8) is 0 Å². The summed E-state index contributed by atoms with van der Waals surface area (Å²) in [5.41, 5.74) is 6.16. The molecular weight excluding hydrogens is 200 g/mol. The summed E-state index contributed by atoms with van der Waals surface area (Å²) in [7, 11) is 0. The smallest absolute Gasteiger partial charge is 0.150 e. The Labute approximate surface area is 97.2 Å². The van der Waals surface area contributed by atoms with E-state index in [4.69, 9.17) is 5.73 Å². The van der Waals surface area contributed by atoms with Crippen molar-refractivity contribution < 1.29 is 0 Å². The molecule has 1 atom stereocenters. The molecule has 1 saturated carbocycles. The van der Waals surface area contributed by atoms with Gasteiger partial charge in [0.15, 0.2) is 0 Å². The predicted molar refractivity (Wildman–Crippen MR) is 64.1 cm³/mol. The van der Waals surface area contributed by atoms with Crippen LogP contribution in [0, 0.1) is 6.92 Å². The van der Waals surface area contributed by atoms with E-state index in [-0.39, 0.29) is 6.04 Å². The molecule has 0 radical (unpaired) electrons. The SMILES string of the molecule is CCC[C@H](N)c1nnc(C)n1C1CCCC1. The van der Waals surface area contributed by atoms with Gasteiger partial charge in [-0.15, -0.1) is 10.2 Å². The van der Waals surface area contributed by atoms with E-state index >= 15 is 0 Å². The van der Waals surface area contributed by atoms with E-state index in [1.807, 2.05) is 6.92 Å². The van der Waals surface area contributed by atoms with Crippen molar-refractivity contribution >= 4 is 0 Å². The second-order valence-corrected chi connectivity index (χ2v) is 4.81. The molecule has 2 N–H and O–H groups in total. The summed E-state index contributed by atoms with van der Waals surface area (Å²) in [5.74, 6) is 2.01. The maximum absolute atomic E-state index is 6.16. The summed E-state index contributed by atoms with van der Waals surface area (Å²) in [5, 5.41) is 8.46. The van der Waals surface area contributed by atoms with Gasteiger partial charge in [0.05, 0.1) is 6.04 Å². The minimum absolute atomic E-state index is 0.0480. The summed E-state index contributed by atoms with van der Waals surface area (Å²) < 4.78 is 2.29. The molecular formula is C12H22N4. The van der Waals surface area contributed by atoms with Crippen molar-refractivity contribution in [1.82, 2.24) is 14.8 Å². The lowest BCUT2D eigenvalue weighted by atomic mass is 10.1. The first kappa shape index (κ1) is 11.6. The Kier molecular flexibility index (Phi) is 3.59. The van der Waals surface area contributed by atoms with Gasteiger partial charge in [-0.1, -0.05) is 26.2 Å². The predicted octanol–water partition coefficient (Wildman–Crippen LogP) is 2.50. The fraction of sp³-hybridized carbons (Fsp3) is 0.833. The number of nitrogens with zero attached hydrogens (tertiary/aromatic N) is 3. The monoisotopic (exact) mass is 222 g/mol. The van der Waals surface area contributed by atoms with Crippen LogP contribution in [0.4, 0.5) is 0 Å². The fourth-order valence-electron chi connectivity index (χ4n) is 2.69. The minimum atomic E-state index is 0.0480. The molecule has 0 unspecified atom stereocenters. The van der Waals surface area contributed by atoms with Gasteiger partial charge in [-0.3, -0.25) is 0 Å². The van der Waals surface area contributed by atoms with Crippen molar-refractivity contribution in [2.24, 2.45) is 5.73 Å². The van der Waals surface area contributed by atoms with Gasteiger partial charge >= 0.3 is 0 Å². The standard InChI is InChI=1S/C12H22N4/c1-3-6-11(13)12-15-14-9(2)16(12)10-7-4-5-8-10/h10-11H,3-8,13H2,1-2H3/t11-/m0/s1. The summed E-state index contributed by atoms with van der Waals surface area (Å²) in [4.78, 5) is 0. The second-order valence-electron chi connectivity index (χ2n) is 4.81. The molecule has 0 amide bonds. The van der Waals surface area contributed by atoms with Crippen molar-refractivity contribution in [3.05, 3.63) is 11.6 Å². The Balaban J connectivity index is 2.24. The molecule has 1 aromatic heterocycles. The van der Waals surface area contributed by atoms with E-state index in [1.54, 1.807) is 0 Å². The number of rotatable bonds is 4. The van der Waals surface area contributed by atoms with E-state index in [1.165, 1.54) is 25.7 Å². The summed E-state index contributed by atoms with van der Waals surface area (Å²) in [6.07, 6.45) is 7.24. The Morgan fingerprint density at radius 2 is 2.06 bits per heavy atom. The average Bonchev–Trinajstić information content (AvgIpc) is 2.86. The van der Waals surface area contributed by atoms with Crippen molar-refractivity contribution in [1.29, 1.82) is 0 Å². The molecule has 1 aliphatic carbocycles. The molecule has 1 aromatic rings. The van der Waals surface area contributed by atoms with Gasteiger partial charge in [-0.2, -0.15) is 0 Å². The molecule has 0 saturated heterocycles. The highest BCUT2D eigenvalue weighted by atomic mass is 15.3. The maximum Gasteiger partial charge on any atom is 0.150 e. The summed E-state index contributed by atoms with van der Waals surface area (Å²) in [6, 6.07) is 0.639. The minimum Gasteiger partial charge on any atom is -0.321 e. The van der Waals surface area contributed by atoms with E-state index in [9.17, 15) is 0 Å². The quantitative estimate of drug-likeness (QED) is 0.851. The first-order valence-electron chi connectivity index (χ1n) is 6.41. The number of aryl methyl sites for hydroxylation is 1. The second kappa shape index (κ2) is 4.95. The number of aromatic nitrogens is 3. The van der Waals surface area contributed by atoms with Gasteiger partial charge in [-0.25, -0.2) is 0 Å². The first-order chi connectivity index (χ1) is 7.74. The van der Waals surface area contributed by atoms with Crippen LogP contribution in [0.1, 0.15) is 69.2 Å². The molecule has 0 aliphatic heterocycles. The third kappa shape index (κ3) is 2.12. The van der Waals surface area contributed by atoms with Crippen LogP contribution >= 0.6 is 0 Å². The number of nitrogens with two attached hydrogens (primary N) is 1. The maximum atomic E-state index is 6.16. The largest absolute Gasteiger partial charge is 0.321 e. The van der Waals surface area contributed by atoms with E-state index in [0.29, 0.717) is 6.04 Å². The van der Waals surface area contributed by atoms with Crippen LogP contribution in [-0.4, -0.2) is 14.8 Å². The Morgan fingerprint density at radius 1 is 1.38 bits per heavy atom. The van der Waals surface area contributed by atoms with E-state index < -0.39 is 0 Å². The zero-order valence-electron chi connectivity index (χ0n) is 10.3. The highest BCUT2D eigenvalue weighted by molar-refractivity contribution is 5.02. The molecule has 90 valence electrons. The highest BCUT2D eigenvalue weighted by Gasteiger charge is 2.24. The van der Waals surface area contributed by atoms with Crippen LogP contribution in [0.5, 0.6) is 0 Å². The molecule has 4 nitrogen and oxygen atoms in total. The van der Waals surface area contributed by atoms with E-state index in [2.05, 4.69) is 21.7 Å². The van der Waals surface area contributed by atoms with Gasteiger partial charge in [0, 0.05) is 6.04 Å². The molecule has 1 heterocycles. The molecule has 2 rings (SSSR count). The average molecular weight is 222 g/mol. The zero-order valence-corrected chi connectivity index (χ0v) is 10.3. The molecule has 0 spiro atoms. The van der Waals surface area contributed by atoms with Crippen molar-refractivity contribution in [2.45, 2.75) is 64.5 Å². The van der Waals surface area contributed by atoms with Crippen LogP contribution in [0.25, 0.3) is 0 Å². The molecule has 4 heteroatoms. The Bertz CT molecular complexity index is 339. The Hall–Kier alpha value is -0.900. The van der Waals surface area contributed by atoms with Crippen LogP contribution < -0.4 is 5.73 Å². The zero-order chi connectivity index (χ0) is 11.5. The van der Waals surface area contributed by atoms with Gasteiger partial charge in [-0.05, 0) is 26.2 Å². The first-order valence-corrected chi connectivity index (χ1v) is 6.41. The third-order valence-electron chi connectivity index (χ3n) is 3.51. The third-order valence-corrected chi connectivity index (χ3v) is 3.51. The molecule has 0 aromatic carbocycles. The molecule has 16 heavy (non-hydrogen) atoms. The van der Waals surface area contributed by atoms with Gasteiger partial charge in [0.2, 0.25) is 0 Å². The fourth-order valence-corrected chi connectivity index (χ4v) is 2.69. The number of hydrogen-bond donors (Lipinski definition) is 1. The van der Waals surface area contributed by atoms with Gasteiger partial charge in [0.25, 0.3) is 0 Å². The number of hydrogen-bond acceptors (Lipinski definition) is 3. The topological polar surface area (TPSA) is 56.7 Å². The highest BCUT2D eigenvalue weighted by Crippen LogP contribution is 2.32. The van der Waals surface area contributed by atoms with Crippen LogP contribution in [-0.2, 0) is 0 Å².